The Morgan fingerprint density at radius 3 is 2.94 bits per heavy atom. The number of benzene rings is 1. The zero-order valence-electron chi connectivity index (χ0n) is 11.5. The van der Waals surface area contributed by atoms with Crippen molar-refractivity contribution in [3.05, 3.63) is 23.8 Å². The van der Waals surface area contributed by atoms with E-state index >= 15 is 0 Å². The number of hydrogen-bond acceptors (Lipinski definition) is 3. The van der Waals surface area contributed by atoms with Gasteiger partial charge in [-0.15, -0.1) is 0 Å². The van der Waals surface area contributed by atoms with Gasteiger partial charge in [-0.3, -0.25) is 0 Å². The SMILES string of the molecule is CCOc1ccc(NC(C)C2CCOC2)c(C)c1. The van der Waals surface area contributed by atoms with Crippen molar-refractivity contribution in [2.75, 3.05) is 25.1 Å². The number of anilines is 1. The van der Waals surface area contributed by atoms with Crippen LogP contribution in [0.25, 0.3) is 0 Å². The van der Waals surface area contributed by atoms with Gasteiger partial charge in [0, 0.05) is 24.3 Å². The molecule has 1 aromatic rings. The van der Waals surface area contributed by atoms with Crippen molar-refractivity contribution >= 4 is 5.69 Å². The number of rotatable bonds is 5. The highest BCUT2D eigenvalue weighted by atomic mass is 16.5. The first-order chi connectivity index (χ1) is 8.70. The van der Waals surface area contributed by atoms with Crippen molar-refractivity contribution in [3.8, 4) is 5.75 Å². The lowest BCUT2D eigenvalue weighted by Crippen LogP contribution is -2.26. The van der Waals surface area contributed by atoms with Crippen molar-refractivity contribution in [3.63, 3.8) is 0 Å². The maximum Gasteiger partial charge on any atom is 0.119 e. The van der Waals surface area contributed by atoms with Crippen molar-refractivity contribution in [1.29, 1.82) is 0 Å². The second kappa shape index (κ2) is 6.10. The molecule has 2 rings (SSSR count). The molecule has 1 aliphatic heterocycles. The number of hydrogen-bond donors (Lipinski definition) is 1. The molecule has 0 aliphatic carbocycles. The molecule has 0 aromatic heterocycles. The highest BCUT2D eigenvalue weighted by Gasteiger charge is 2.22. The van der Waals surface area contributed by atoms with Gasteiger partial charge in [-0.1, -0.05) is 0 Å². The Labute approximate surface area is 109 Å². The zero-order chi connectivity index (χ0) is 13.0. The molecule has 0 spiro atoms. The van der Waals surface area contributed by atoms with Gasteiger partial charge in [-0.2, -0.15) is 0 Å². The summed E-state index contributed by atoms with van der Waals surface area (Å²) in [6.07, 6.45) is 1.16. The van der Waals surface area contributed by atoms with Gasteiger partial charge < -0.3 is 14.8 Å². The van der Waals surface area contributed by atoms with Crippen LogP contribution in [0.1, 0.15) is 25.8 Å². The molecule has 1 heterocycles. The molecule has 0 bridgehead atoms. The van der Waals surface area contributed by atoms with E-state index in [4.69, 9.17) is 9.47 Å². The lowest BCUT2D eigenvalue weighted by molar-refractivity contribution is 0.183. The van der Waals surface area contributed by atoms with Crippen LogP contribution < -0.4 is 10.1 Å². The van der Waals surface area contributed by atoms with Gasteiger partial charge in [0.05, 0.1) is 13.2 Å². The number of aryl methyl sites for hydroxylation is 1. The van der Waals surface area contributed by atoms with Crippen LogP contribution in [0.15, 0.2) is 18.2 Å². The van der Waals surface area contributed by atoms with Crippen LogP contribution in [0.5, 0.6) is 5.75 Å². The van der Waals surface area contributed by atoms with Crippen LogP contribution in [0.4, 0.5) is 5.69 Å². The molecule has 1 N–H and O–H groups in total. The van der Waals surface area contributed by atoms with Crippen molar-refractivity contribution in [1.82, 2.24) is 0 Å². The molecule has 3 nitrogen and oxygen atoms in total. The summed E-state index contributed by atoms with van der Waals surface area (Å²) in [7, 11) is 0. The van der Waals surface area contributed by atoms with Crippen LogP contribution in [-0.4, -0.2) is 25.9 Å². The van der Waals surface area contributed by atoms with E-state index in [9.17, 15) is 0 Å². The lowest BCUT2D eigenvalue weighted by atomic mass is 10.00. The minimum atomic E-state index is 0.448. The van der Waals surface area contributed by atoms with E-state index in [2.05, 4.69) is 31.3 Å². The summed E-state index contributed by atoms with van der Waals surface area (Å²) in [4.78, 5) is 0. The second-order valence-corrected chi connectivity index (χ2v) is 4.97. The van der Waals surface area contributed by atoms with E-state index < -0.39 is 0 Å². The summed E-state index contributed by atoms with van der Waals surface area (Å²) >= 11 is 0. The molecule has 1 fully saturated rings. The highest BCUT2D eigenvalue weighted by Crippen LogP contribution is 2.25. The molecule has 1 aliphatic rings. The predicted octanol–water partition coefficient (Wildman–Crippen LogP) is 3.23. The zero-order valence-corrected chi connectivity index (χ0v) is 11.5. The Kier molecular flexibility index (Phi) is 4.48. The predicted molar refractivity (Wildman–Crippen MR) is 74.4 cm³/mol. The Morgan fingerprint density at radius 1 is 1.50 bits per heavy atom. The first-order valence-corrected chi connectivity index (χ1v) is 6.78. The Hall–Kier alpha value is -1.22. The highest BCUT2D eigenvalue weighted by molar-refractivity contribution is 5.54. The Balaban J connectivity index is 2.00. The standard InChI is InChI=1S/C15H23NO2/c1-4-18-14-5-6-15(11(2)9-14)16-12(3)13-7-8-17-10-13/h5-6,9,12-13,16H,4,7-8,10H2,1-3H3. The van der Waals surface area contributed by atoms with Gasteiger partial charge in [0.15, 0.2) is 0 Å². The Morgan fingerprint density at radius 2 is 2.33 bits per heavy atom. The molecule has 1 saturated heterocycles. The van der Waals surface area contributed by atoms with Crippen LogP contribution in [0, 0.1) is 12.8 Å². The minimum absolute atomic E-state index is 0.448. The third-order valence-corrected chi connectivity index (χ3v) is 3.56. The van der Waals surface area contributed by atoms with E-state index in [1.54, 1.807) is 0 Å². The van der Waals surface area contributed by atoms with Crippen molar-refractivity contribution in [2.45, 2.75) is 33.2 Å². The fourth-order valence-electron chi connectivity index (χ4n) is 2.36. The van der Waals surface area contributed by atoms with Crippen LogP contribution in [0.3, 0.4) is 0 Å². The van der Waals surface area contributed by atoms with Gasteiger partial charge in [-0.05, 0) is 51.0 Å². The first-order valence-electron chi connectivity index (χ1n) is 6.78. The van der Waals surface area contributed by atoms with E-state index in [-0.39, 0.29) is 0 Å². The third kappa shape index (κ3) is 3.16. The molecule has 18 heavy (non-hydrogen) atoms. The van der Waals surface area contributed by atoms with Crippen molar-refractivity contribution < 1.29 is 9.47 Å². The molecule has 3 heteroatoms. The third-order valence-electron chi connectivity index (χ3n) is 3.56. The van der Waals surface area contributed by atoms with Gasteiger partial charge >= 0.3 is 0 Å². The molecule has 2 atom stereocenters. The van der Waals surface area contributed by atoms with Crippen LogP contribution in [-0.2, 0) is 4.74 Å². The summed E-state index contributed by atoms with van der Waals surface area (Å²) in [5.41, 5.74) is 2.42. The average Bonchev–Trinajstić information content (AvgIpc) is 2.86. The van der Waals surface area contributed by atoms with Gasteiger partial charge in [0.2, 0.25) is 0 Å². The minimum Gasteiger partial charge on any atom is -0.494 e. The molecule has 0 saturated carbocycles. The largest absolute Gasteiger partial charge is 0.494 e. The van der Waals surface area contributed by atoms with E-state index in [0.717, 1.165) is 25.4 Å². The fraction of sp³-hybridized carbons (Fsp3) is 0.600. The molecule has 0 radical (unpaired) electrons. The van der Waals surface area contributed by atoms with Gasteiger partial charge in [-0.25, -0.2) is 0 Å². The molecular weight excluding hydrogens is 226 g/mol. The Bertz CT molecular complexity index is 386. The molecular formula is C15H23NO2. The molecule has 100 valence electrons. The molecule has 2 unspecified atom stereocenters. The number of nitrogens with one attached hydrogen (secondary N) is 1. The van der Waals surface area contributed by atoms with E-state index in [0.29, 0.717) is 18.6 Å². The topological polar surface area (TPSA) is 30.5 Å². The normalized spacial score (nSPS) is 20.7. The van der Waals surface area contributed by atoms with Crippen LogP contribution in [0.2, 0.25) is 0 Å². The van der Waals surface area contributed by atoms with Gasteiger partial charge in [0.25, 0.3) is 0 Å². The summed E-state index contributed by atoms with van der Waals surface area (Å²) < 4.78 is 10.9. The van der Waals surface area contributed by atoms with E-state index in [1.807, 2.05) is 13.0 Å². The first kappa shape index (κ1) is 13.2. The fourth-order valence-corrected chi connectivity index (χ4v) is 2.36. The quantitative estimate of drug-likeness (QED) is 0.869. The molecule has 0 amide bonds. The average molecular weight is 249 g/mol. The number of ether oxygens (including phenoxy) is 2. The van der Waals surface area contributed by atoms with Crippen LogP contribution >= 0.6 is 0 Å². The summed E-state index contributed by atoms with van der Waals surface area (Å²) in [5, 5.41) is 3.59. The maximum atomic E-state index is 5.50. The second-order valence-electron chi connectivity index (χ2n) is 4.97. The smallest absolute Gasteiger partial charge is 0.119 e. The molecule has 1 aromatic carbocycles. The summed E-state index contributed by atoms with van der Waals surface area (Å²) in [6, 6.07) is 6.66. The summed E-state index contributed by atoms with van der Waals surface area (Å²) in [5.74, 6) is 1.56. The van der Waals surface area contributed by atoms with E-state index in [1.165, 1.54) is 11.3 Å². The summed E-state index contributed by atoms with van der Waals surface area (Å²) in [6.45, 7) is 8.84. The maximum absolute atomic E-state index is 5.50. The monoisotopic (exact) mass is 249 g/mol. The lowest BCUT2D eigenvalue weighted by Gasteiger charge is -2.22. The van der Waals surface area contributed by atoms with Crippen molar-refractivity contribution in [2.24, 2.45) is 5.92 Å². The van der Waals surface area contributed by atoms with Gasteiger partial charge in [0.1, 0.15) is 5.75 Å².